The number of nitrogens with zero attached hydrogens (tertiary/aromatic N) is 3. The minimum atomic E-state index is -0.350. The first kappa shape index (κ1) is 17.2. The van der Waals surface area contributed by atoms with E-state index < -0.39 is 0 Å². The maximum atomic E-state index is 13.0. The summed E-state index contributed by atoms with van der Waals surface area (Å²) in [5, 5.41) is 0. The molecule has 7 nitrogen and oxygen atoms in total. The maximum absolute atomic E-state index is 13.0. The minimum absolute atomic E-state index is 0.127. The van der Waals surface area contributed by atoms with Crippen LogP contribution in [0.1, 0.15) is 56.3 Å². The van der Waals surface area contributed by atoms with Crippen LogP contribution in [0, 0.1) is 5.92 Å². The number of aromatic nitrogens is 2. The average molecular weight is 372 g/mol. The molecule has 4 heterocycles. The van der Waals surface area contributed by atoms with Crippen LogP contribution in [0.3, 0.4) is 0 Å². The molecule has 1 aromatic rings. The number of carbonyl (C=O) groups is 2. The zero-order valence-corrected chi connectivity index (χ0v) is 15.8. The van der Waals surface area contributed by atoms with Crippen molar-refractivity contribution in [3.63, 3.8) is 0 Å². The van der Waals surface area contributed by atoms with E-state index in [4.69, 9.17) is 4.74 Å². The van der Waals surface area contributed by atoms with Gasteiger partial charge in [0.15, 0.2) is 0 Å². The first-order valence-corrected chi connectivity index (χ1v) is 10.4. The Labute approximate surface area is 159 Å². The molecule has 1 atom stereocenters. The Bertz CT molecular complexity index is 727. The standard InChI is InChI=1S/C20H28N4O3/c25-18(14-4-5-14)24-9-6-15-17(22-13-21-15)20(24)7-10-23(11-8-20)19(26)16-3-1-2-12-27-16/h13-14,16H,1-12H2,(H,21,22)/t16-/m1/s1. The number of amides is 2. The molecule has 5 rings (SSSR count). The van der Waals surface area contributed by atoms with Gasteiger partial charge in [-0.25, -0.2) is 4.98 Å². The van der Waals surface area contributed by atoms with Crippen molar-refractivity contribution in [3.05, 3.63) is 17.7 Å². The predicted octanol–water partition coefficient (Wildman–Crippen LogP) is 1.59. The zero-order chi connectivity index (χ0) is 18.4. The Morgan fingerprint density at radius 2 is 1.93 bits per heavy atom. The summed E-state index contributed by atoms with van der Waals surface area (Å²) >= 11 is 0. The largest absolute Gasteiger partial charge is 0.368 e. The predicted molar refractivity (Wildman–Crippen MR) is 97.8 cm³/mol. The van der Waals surface area contributed by atoms with E-state index in [9.17, 15) is 9.59 Å². The molecular weight excluding hydrogens is 344 g/mol. The average Bonchev–Trinajstić information content (AvgIpc) is 3.45. The first-order chi connectivity index (χ1) is 13.2. The lowest BCUT2D eigenvalue weighted by Crippen LogP contribution is -2.60. The summed E-state index contributed by atoms with van der Waals surface area (Å²) < 4.78 is 5.70. The SMILES string of the molecule is O=C([C@H]1CCCCO1)N1CCC2(CC1)c1nc[nH]c1CCN2C(=O)C1CC1. The molecule has 1 saturated carbocycles. The summed E-state index contributed by atoms with van der Waals surface area (Å²) in [5.74, 6) is 0.624. The smallest absolute Gasteiger partial charge is 0.251 e. The van der Waals surface area contributed by atoms with Crippen LogP contribution in [-0.4, -0.2) is 63.9 Å². The van der Waals surface area contributed by atoms with Crippen molar-refractivity contribution >= 4 is 11.8 Å². The quantitative estimate of drug-likeness (QED) is 0.855. The fourth-order valence-corrected chi connectivity index (χ4v) is 5.09. The summed E-state index contributed by atoms with van der Waals surface area (Å²) in [4.78, 5) is 37.8. The van der Waals surface area contributed by atoms with Gasteiger partial charge in [0.05, 0.1) is 17.6 Å². The number of rotatable bonds is 2. The number of hydrogen-bond donors (Lipinski definition) is 1. The van der Waals surface area contributed by atoms with Gasteiger partial charge in [-0.1, -0.05) is 0 Å². The highest BCUT2D eigenvalue weighted by Gasteiger charge is 2.51. The van der Waals surface area contributed by atoms with Crippen LogP contribution in [0.15, 0.2) is 6.33 Å². The van der Waals surface area contributed by atoms with Crippen molar-refractivity contribution in [2.24, 2.45) is 5.92 Å². The molecule has 0 aromatic carbocycles. The van der Waals surface area contributed by atoms with Gasteiger partial charge in [-0.3, -0.25) is 9.59 Å². The van der Waals surface area contributed by atoms with E-state index in [1.165, 1.54) is 0 Å². The summed E-state index contributed by atoms with van der Waals surface area (Å²) in [6.07, 6.45) is 8.83. The molecule has 0 radical (unpaired) electrons. The normalized spacial score (nSPS) is 27.5. The third-order valence-corrected chi connectivity index (χ3v) is 6.81. The number of hydrogen-bond acceptors (Lipinski definition) is 4. The maximum Gasteiger partial charge on any atom is 0.251 e. The van der Waals surface area contributed by atoms with Crippen molar-refractivity contribution in [1.82, 2.24) is 19.8 Å². The molecule has 0 unspecified atom stereocenters. The van der Waals surface area contributed by atoms with Gasteiger partial charge in [0, 0.05) is 44.3 Å². The van der Waals surface area contributed by atoms with Crippen molar-refractivity contribution in [2.45, 2.75) is 63.0 Å². The Kier molecular flexibility index (Phi) is 4.22. The molecule has 3 aliphatic heterocycles. The summed E-state index contributed by atoms with van der Waals surface area (Å²) in [6.45, 7) is 2.78. The first-order valence-electron chi connectivity index (χ1n) is 10.4. The summed E-state index contributed by atoms with van der Waals surface area (Å²) in [5.41, 5.74) is 1.84. The van der Waals surface area contributed by atoms with E-state index in [-0.39, 0.29) is 23.5 Å². The van der Waals surface area contributed by atoms with Crippen LogP contribution in [0.25, 0.3) is 0 Å². The lowest BCUT2D eigenvalue weighted by molar-refractivity contribution is -0.152. The van der Waals surface area contributed by atoms with Gasteiger partial charge >= 0.3 is 0 Å². The molecule has 7 heteroatoms. The Hall–Kier alpha value is -1.89. The van der Waals surface area contributed by atoms with Gasteiger partial charge in [0.2, 0.25) is 5.91 Å². The number of carbonyl (C=O) groups excluding carboxylic acids is 2. The summed E-state index contributed by atoms with van der Waals surface area (Å²) in [6, 6.07) is 0. The number of fused-ring (bicyclic) bond motifs is 2. The highest BCUT2D eigenvalue weighted by atomic mass is 16.5. The van der Waals surface area contributed by atoms with Gasteiger partial charge < -0.3 is 19.5 Å². The Morgan fingerprint density at radius 1 is 1.11 bits per heavy atom. The molecule has 4 aliphatic rings. The summed E-state index contributed by atoms with van der Waals surface area (Å²) in [7, 11) is 0. The molecule has 0 bridgehead atoms. The highest BCUT2D eigenvalue weighted by Crippen LogP contribution is 2.45. The Morgan fingerprint density at radius 3 is 2.63 bits per heavy atom. The number of aromatic amines is 1. The van der Waals surface area contributed by atoms with Gasteiger partial charge in [0.25, 0.3) is 5.91 Å². The van der Waals surface area contributed by atoms with Crippen molar-refractivity contribution in [1.29, 1.82) is 0 Å². The van der Waals surface area contributed by atoms with Crippen LogP contribution in [-0.2, 0) is 26.3 Å². The van der Waals surface area contributed by atoms with Crippen LogP contribution in [0.5, 0.6) is 0 Å². The Balaban J connectivity index is 1.36. The lowest BCUT2D eigenvalue weighted by atomic mass is 9.78. The number of piperidine rings is 1. The molecule has 2 amide bonds. The zero-order valence-electron chi connectivity index (χ0n) is 15.8. The molecule has 1 aromatic heterocycles. The van der Waals surface area contributed by atoms with E-state index in [0.29, 0.717) is 25.6 Å². The molecule has 146 valence electrons. The number of ether oxygens (including phenoxy) is 1. The fourth-order valence-electron chi connectivity index (χ4n) is 5.09. The van der Waals surface area contributed by atoms with E-state index >= 15 is 0 Å². The van der Waals surface area contributed by atoms with Crippen molar-refractivity contribution in [2.75, 3.05) is 26.2 Å². The number of imidazole rings is 1. The van der Waals surface area contributed by atoms with Gasteiger partial charge in [-0.15, -0.1) is 0 Å². The van der Waals surface area contributed by atoms with Crippen LogP contribution >= 0.6 is 0 Å². The monoisotopic (exact) mass is 372 g/mol. The van der Waals surface area contributed by atoms with Gasteiger partial charge in [-0.2, -0.15) is 0 Å². The second-order valence-corrected chi connectivity index (χ2v) is 8.46. The van der Waals surface area contributed by atoms with Crippen LogP contribution in [0.4, 0.5) is 0 Å². The molecule has 1 spiro atoms. The van der Waals surface area contributed by atoms with E-state index in [2.05, 4.69) is 14.9 Å². The fraction of sp³-hybridized carbons (Fsp3) is 0.750. The minimum Gasteiger partial charge on any atom is -0.368 e. The highest BCUT2D eigenvalue weighted by molar-refractivity contribution is 5.83. The van der Waals surface area contributed by atoms with Gasteiger partial charge in [-0.05, 0) is 44.9 Å². The van der Waals surface area contributed by atoms with Crippen LogP contribution in [0.2, 0.25) is 0 Å². The third-order valence-electron chi connectivity index (χ3n) is 6.81. The lowest BCUT2D eigenvalue weighted by Gasteiger charge is -2.51. The van der Waals surface area contributed by atoms with Gasteiger partial charge in [0.1, 0.15) is 6.10 Å². The molecule has 27 heavy (non-hydrogen) atoms. The second-order valence-electron chi connectivity index (χ2n) is 8.46. The molecule has 1 N–H and O–H groups in total. The number of nitrogens with one attached hydrogen (secondary N) is 1. The molecule has 1 aliphatic carbocycles. The van der Waals surface area contributed by atoms with Crippen LogP contribution < -0.4 is 0 Å². The van der Waals surface area contributed by atoms with E-state index in [1.54, 1.807) is 6.33 Å². The van der Waals surface area contributed by atoms with Crippen molar-refractivity contribution < 1.29 is 14.3 Å². The number of H-pyrrole nitrogens is 1. The van der Waals surface area contributed by atoms with E-state index in [1.807, 2.05) is 4.90 Å². The molecule has 2 saturated heterocycles. The number of likely N-dealkylation sites (tertiary alicyclic amines) is 1. The topological polar surface area (TPSA) is 78.5 Å². The van der Waals surface area contributed by atoms with Crippen molar-refractivity contribution in [3.8, 4) is 0 Å². The molecular formula is C20H28N4O3. The van der Waals surface area contributed by atoms with E-state index in [0.717, 1.165) is 69.3 Å². The second kappa shape index (κ2) is 6.62. The third kappa shape index (κ3) is 2.87. The molecule has 3 fully saturated rings.